The molecule has 0 fully saturated rings. The van der Waals surface area contributed by atoms with Crippen LogP contribution in [0.25, 0.3) is 22.0 Å². The molecule has 0 unspecified atom stereocenters. The Bertz CT molecular complexity index is 1570. The van der Waals surface area contributed by atoms with Crippen LogP contribution in [0.1, 0.15) is 11.1 Å². The van der Waals surface area contributed by atoms with Crippen molar-refractivity contribution >= 4 is 32.3 Å². The predicted octanol–water partition coefficient (Wildman–Crippen LogP) is 2.55. The molecule has 0 atom stereocenters. The average Bonchev–Trinajstić information content (AvgIpc) is 3.29. The molecule has 4 N–H and O–H groups in total. The number of fused-ring (bicyclic) bond motifs is 1. The molecule has 182 valence electrons. The summed E-state index contributed by atoms with van der Waals surface area (Å²) >= 11 is 0. The Labute approximate surface area is 202 Å². The molecule has 2 heterocycles. The molecule has 0 bridgehead atoms. The number of aromatic nitrogens is 2. The number of aryl methyl sites for hydroxylation is 1. The summed E-state index contributed by atoms with van der Waals surface area (Å²) in [5, 5.41) is 4.13. The lowest BCUT2D eigenvalue weighted by Gasteiger charge is -2.17. The van der Waals surface area contributed by atoms with Crippen molar-refractivity contribution in [2.24, 2.45) is 12.8 Å². The Kier molecular flexibility index (Phi) is 6.65. The van der Waals surface area contributed by atoms with E-state index in [1.54, 1.807) is 37.6 Å². The first-order valence-corrected chi connectivity index (χ1v) is 12.9. The monoisotopic (exact) mass is 494 g/mol. The number of para-hydroxylation sites is 1. The molecule has 35 heavy (non-hydrogen) atoms. The van der Waals surface area contributed by atoms with E-state index in [1.807, 2.05) is 30.3 Å². The molecule has 0 aliphatic rings. The van der Waals surface area contributed by atoms with Gasteiger partial charge in [-0.05, 0) is 29.8 Å². The Morgan fingerprint density at radius 3 is 2.66 bits per heavy atom. The summed E-state index contributed by atoms with van der Waals surface area (Å²) in [6.07, 6.45) is 4.64. The van der Waals surface area contributed by atoms with E-state index < -0.39 is 15.7 Å². The standard InChI is InChI=1S/C25H26N4O5S/c1-29-13-20(18-9-10-27-24(18)25(29)31)19-11-16(15-35(2,32)33)7-8-21(19)28-12-17-5-3-4-6-22(17)34-14-23(26)30/h3-11,13,27-28H,12,14-15H2,1-2H3,(H2,26,30). The van der Waals surface area contributed by atoms with Crippen molar-refractivity contribution in [3.05, 3.63) is 82.4 Å². The van der Waals surface area contributed by atoms with Gasteiger partial charge in [-0.25, -0.2) is 8.42 Å². The van der Waals surface area contributed by atoms with Gasteiger partial charge in [0.1, 0.15) is 11.3 Å². The number of hydrogen-bond acceptors (Lipinski definition) is 6. The number of anilines is 1. The largest absolute Gasteiger partial charge is 0.483 e. The quantitative estimate of drug-likeness (QED) is 0.327. The van der Waals surface area contributed by atoms with Crippen LogP contribution < -0.4 is 21.3 Å². The molecule has 1 amide bonds. The zero-order valence-electron chi connectivity index (χ0n) is 19.4. The van der Waals surface area contributed by atoms with Gasteiger partial charge in [-0.2, -0.15) is 0 Å². The van der Waals surface area contributed by atoms with E-state index in [4.69, 9.17) is 10.5 Å². The van der Waals surface area contributed by atoms with Gasteiger partial charge in [0.25, 0.3) is 11.5 Å². The first-order valence-electron chi connectivity index (χ1n) is 10.8. The molecule has 4 aromatic rings. The molecule has 0 radical (unpaired) electrons. The number of pyridine rings is 1. The molecule has 2 aromatic heterocycles. The van der Waals surface area contributed by atoms with Crippen molar-refractivity contribution in [1.29, 1.82) is 0 Å². The second kappa shape index (κ2) is 9.67. The third-order valence-corrected chi connectivity index (χ3v) is 6.37. The summed E-state index contributed by atoms with van der Waals surface area (Å²) in [4.78, 5) is 26.7. The fraction of sp³-hybridized carbons (Fsp3) is 0.200. The summed E-state index contributed by atoms with van der Waals surface area (Å²) in [5.41, 5.74) is 9.24. The second-order valence-electron chi connectivity index (χ2n) is 8.39. The van der Waals surface area contributed by atoms with Crippen LogP contribution in [0.2, 0.25) is 0 Å². The van der Waals surface area contributed by atoms with E-state index in [0.29, 0.717) is 23.4 Å². The van der Waals surface area contributed by atoms with E-state index in [2.05, 4.69) is 10.3 Å². The van der Waals surface area contributed by atoms with Crippen LogP contribution in [0.3, 0.4) is 0 Å². The molecule has 0 spiro atoms. The van der Waals surface area contributed by atoms with E-state index in [1.165, 1.54) is 10.8 Å². The summed E-state index contributed by atoms with van der Waals surface area (Å²) < 4.78 is 30.9. The molecule has 0 saturated carbocycles. The molecule has 0 saturated heterocycles. The van der Waals surface area contributed by atoms with Gasteiger partial charge in [0.2, 0.25) is 0 Å². The topological polar surface area (TPSA) is 136 Å². The highest BCUT2D eigenvalue weighted by atomic mass is 32.2. The van der Waals surface area contributed by atoms with Crippen LogP contribution in [0.5, 0.6) is 5.75 Å². The number of aromatic amines is 1. The summed E-state index contributed by atoms with van der Waals surface area (Å²) in [6, 6.07) is 14.5. The lowest BCUT2D eigenvalue weighted by atomic mass is 9.99. The summed E-state index contributed by atoms with van der Waals surface area (Å²) in [6.45, 7) is 0.140. The number of sulfone groups is 1. The molecule has 10 heteroatoms. The van der Waals surface area contributed by atoms with E-state index in [0.717, 1.165) is 27.8 Å². The zero-order valence-corrected chi connectivity index (χ0v) is 20.2. The van der Waals surface area contributed by atoms with Gasteiger partial charge in [0, 0.05) is 60.0 Å². The summed E-state index contributed by atoms with van der Waals surface area (Å²) in [7, 11) is -1.57. The normalized spacial score (nSPS) is 11.5. The van der Waals surface area contributed by atoms with Crippen LogP contribution in [0.4, 0.5) is 5.69 Å². The lowest BCUT2D eigenvalue weighted by Crippen LogP contribution is -2.20. The average molecular weight is 495 g/mol. The number of benzene rings is 2. The van der Waals surface area contributed by atoms with Crippen molar-refractivity contribution in [3.63, 3.8) is 0 Å². The molecular formula is C25H26N4O5S. The van der Waals surface area contributed by atoms with Crippen LogP contribution in [0.15, 0.2) is 65.7 Å². The van der Waals surface area contributed by atoms with Crippen LogP contribution in [-0.4, -0.2) is 36.7 Å². The zero-order chi connectivity index (χ0) is 25.2. The number of carbonyl (C=O) groups is 1. The molecule has 0 aliphatic carbocycles. The van der Waals surface area contributed by atoms with Crippen molar-refractivity contribution in [2.45, 2.75) is 12.3 Å². The predicted molar refractivity (Wildman–Crippen MR) is 136 cm³/mol. The highest BCUT2D eigenvalue weighted by Crippen LogP contribution is 2.34. The highest BCUT2D eigenvalue weighted by Gasteiger charge is 2.16. The van der Waals surface area contributed by atoms with Gasteiger partial charge < -0.3 is 25.3 Å². The van der Waals surface area contributed by atoms with Gasteiger partial charge in [-0.15, -0.1) is 0 Å². The Balaban J connectivity index is 1.77. The van der Waals surface area contributed by atoms with Gasteiger partial charge in [0.15, 0.2) is 16.4 Å². The minimum atomic E-state index is -3.25. The minimum absolute atomic E-state index is 0.105. The highest BCUT2D eigenvalue weighted by molar-refractivity contribution is 7.89. The molecule has 9 nitrogen and oxygen atoms in total. The number of nitrogens with zero attached hydrogens (tertiary/aromatic N) is 1. The number of primary amides is 1. The number of ether oxygens (including phenoxy) is 1. The van der Waals surface area contributed by atoms with Crippen molar-refractivity contribution in [1.82, 2.24) is 9.55 Å². The number of hydrogen-bond donors (Lipinski definition) is 3. The van der Waals surface area contributed by atoms with Crippen LogP contribution in [-0.2, 0) is 34.0 Å². The smallest absolute Gasteiger partial charge is 0.274 e. The number of nitrogens with two attached hydrogens (primary N) is 1. The van der Waals surface area contributed by atoms with Crippen LogP contribution >= 0.6 is 0 Å². The fourth-order valence-corrected chi connectivity index (χ4v) is 4.76. The lowest BCUT2D eigenvalue weighted by molar-refractivity contribution is -0.119. The fourth-order valence-electron chi connectivity index (χ4n) is 3.97. The minimum Gasteiger partial charge on any atom is -0.483 e. The Morgan fingerprint density at radius 2 is 1.91 bits per heavy atom. The number of rotatable bonds is 9. The second-order valence-corrected chi connectivity index (χ2v) is 10.5. The summed E-state index contributed by atoms with van der Waals surface area (Å²) in [5.74, 6) is -0.141. The van der Waals surface area contributed by atoms with Gasteiger partial charge in [0.05, 0.1) is 5.75 Å². The third-order valence-electron chi connectivity index (χ3n) is 5.51. The van der Waals surface area contributed by atoms with Crippen molar-refractivity contribution in [3.8, 4) is 16.9 Å². The Morgan fingerprint density at radius 1 is 1.14 bits per heavy atom. The molecule has 4 rings (SSSR count). The van der Waals surface area contributed by atoms with E-state index >= 15 is 0 Å². The van der Waals surface area contributed by atoms with Gasteiger partial charge in [-0.3, -0.25) is 9.59 Å². The molecule has 2 aromatic carbocycles. The molecular weight excluding hydrogens is 468 g/mol. The number of H-pyrrole nitrogens is 1. The Hall–Kier alpha value is -4.05. The van der Waals surface area contributed by atoms with Gasteiger partial charge >= 0.3 is 0 Å². The number of nitrogens with one attached hydrogen (secondary N) is 2. The number of amides is 1. The third kappa shape index (κ3) is 5.55. The first kappa shape index (κ1) is 24.1. The maximum Gasteiger partial charge on any atom is 0.274 e. The van der Waals surface area contributed by atoms with E-state index in [9.17, 15) is 18.0 Å². The number of carbonyl (C=O) groups excluding carboxylic acids is 1. The van der Waals surface area contributed by atoms with Gasteiger partial charge in [-0.1, -0.05) is 24.3 Å². The van der Waals surface area contributed by atoms with Crippen LogP contribution in [0, 0.1) is 0 Å². The maximum absolute atomic E-state index is 12.6. The molecule has 0 aliphatic heterocycles. The SMILES string of the molecule is Cn1cc(-c2cc(CS(C)(=O)=O)ccc2NCc2ccccc2OCC(N)=O)c2cc[nH]c2c1=O. The first-order chi connectivity index (χ1) is 16.6. The van der Waals surface area contributed by atoms with Crippen molar-refractivity contribution < 1.29 is 17.9 Å². The van der Waals surface area contributed by atoms with Crippen molar-refractivity contribution in [2.75, 3.05) is 18.2 Å². The van der Waals surface area contributed by atoms with E-state index in [-0.39, 0.29) is 17.9 Å². The maximum atomic E-state index is 12.6.